The summed E-state index contributed by atoms with van der Waals surface area (Å²) in [5.41, 5.74) is 38.6. The first-order valence-corrected chi connectivity index (χ1v) is 58.7. The molecule has 4 aromatic carbocycles. The molecule has 6 aromatic heterocycles. The molecular formula is C128H150N8O4Si2. The number of ether oxygens (including phenoxy) is 4. The number of fused-ring (bicyclic) bond motifs is 16. The van der Waals surface area contributed by atoms with Gasteiger partial charge in [-0.3, -0.25) is 0 Å². The van der Waals surface area contributed by atoms with E-state index in [4.69, 9.17) is 38.9 Å². The molecule has 0 fully saturated rings. The van der Waals surface area contributed by atoms with E-state index in [1.165, 1.54) is 190 Å². The van der Waals surface area contributed by atoms with Crippen LogP contribution in [0.5, 0.6) is 0 Å². The molecule has 0 aliphatic carbocycles. The summed E-state index contributed by atoms with van der Waals surface area (Å²) in [6.45, 7) is 33.4. The standard InChI is InChI=1S/C128H150N8O4Si2/c1-11-21-27-35-89-141(90-36-28-22-12-2,91-37-29-23-13-3)95-79-99-47-55-103(56-48-99)127-121-71-63-113(133-121)105(75-85-137-81-17-7)109-59-67-117(129-109)125(118-68-60-110(130-118)106(76-86-138-82-18-8)114-64-72-122(127)134-114)101-51-43-97(44-52-101)41-33-34-42-98-45-53-102(54-46-98)126-119-69-61-111(131-119)107(77-87-139-83-19-9)115-65-73-123(135-115)128(124-74-66-116(136-124)108(78-88-140-84-20-10)112-62-70-120(126)132-112)104-57-49-100(50-58-104)80-96-142(92-38-30-24-14-4,93-39-31-25-15-5)94-40-32-26-16-6/h17-20,43-74,129,131,134,136H,7-16,21-32,35-40,75-78,81-94H2,1-6H3. The zero-order chi connectivity index (χ0) is 98.8. The molecule has 4 N–H and O–H groups in total. The fourth-order valence-electron chi connectivity index (χ4n) is 20.2. The first-order valence-electron chi connectivity index (χ1n) is 53.5. The van der Waals surface area contributed by atoms with Crippen molar-refractivity contribution >= 4 is 109 Å². The molecule has 0 unspecified atom stereocenters. The Morgan fingerprint density at radius 3 is 0.662 bits per heavy atom. The molecule has 0 spiro atoms. The van der Waals surface area contributed by atoms with Gasteiger partial charge >= 0.3 is 0 Å². The highest BCUT2D eigenvalue weighted by molar-refractivity contribution is 6.87. The van der Waals surface area contributed by atoms with E-state index in [1.807, 2.05) is 0 Å². The number of aromatic nitrogens is 8. The zero-order valence-electron chi connectivity index (χ0n) is 85.7. The third-order valence-corrected chi connectivity index (χ3v) is 37.2. The number of rotatable bonds is 54. The summed E-state index contributed by atoms with van der Waals surface area (Å²) in [4.78, 5) is 38.0. The molecule has 10 aromatic rings. The molecule has 0 amide bonds. The molecule has 14 heteroatoms. The van der Waals surface area contributed by atoms with Crippen molar-refractivity contribution in [1.29, 1.82) is 0 Å². The summed E-state index contributed by atoms with van der Waals surface area (Å²) in [5.74, 6) is 20.9. The molecule has 734 valence electrons. The van der Waals surface area contributed by atoms with Crippen molar-refractivity contribution in [1.82, 2.24) is 39.9 Å². The molecule has 4 aliphatic rings. The lowest BCUT2D eigenvalue weighted by molar-refractivity contribution is 0.166. The van der Waals surface area contributed by atoms with Gasteiger partial charge in [0.2, 0.25) is 0 Å². The van der Waals surface area contributed by atoms with Crippen LogP contribution in [0.3, 0.4) is 0 Å². The van der Waals surface area contributed by atoms with Gasteiger partial charge in [-0.05, 0) is 242 Å². The van der Waals surface area contributed by atoms with Crippen molar-refractivity contribution in [2.75, 3.05) is 52.9 Å². The third kappa shape index (κ3) is 29.2. The Balaban J connectivity index is 0.795. The number of hydrogen-bond acceptors (Lipinski definition) is 8. The van der Waals surface area contributed by atoms with Crippen LogP contribution in [-0.2, 0) is 44.6 Å². The van der Waals surface area contributed by atoms with Crippen molar-refractivity contribution in [3.05, 3.63) is 286 Å². The summed E-state index contributed by atoms with van der Waals surface area (Å²) in [7, 11) is -3.77. The summed E-state index contributed by atoms with van der Waals surface area (Å²) in [6, 6.07) is 60.1. The third-order valence-electron chi connectivity index (χ3n) is 28.0. The van der Waals surface area contributed by atoms with Crippen LogP contribution < -0.4 is 0 Å². The highest BCUT2D eigenvalue weighted by Gasteiger charge is 2.33. The van der Waals surface area contributed by atoms with Crippen LogP contribution in [-0.4, -0.2) is 109 Å². The molecule has 142 heavy (non-hydrogen) atoms. The van der Waals surface area contributed by atoms with Crippen molar-refractivity contribution < 1.29 is 18.9 Å². The van der Waals surface area contributed by atoms with Crippen molar-refractivity contribution in [2.24, 2.45) is 0 Å². The molecular weight excluding hydrogens is 1770 g/mol. The first kappa shape index (κ1) is 105. The van der Waals surface area contributed by atoms with Crippen LogP contribution in [0.25, 0.3) is 137 Å². The van der Waals surface area contributed by atoms with Gasteiger partial charge in [0.25, 0.3) is 0 Å². The SMILES string of the molecule is C=CCOCCc1c2nc(c(-c3ccc(C#C[Si](CCCCCC)(CCCCCC)CCCCCC)cc3)c3ccc([nH]3)c(CCOCC=C)c3nc(c(-c4ccc(C#CC#Cc5ccc(-c6c7nc(c(CCOCC=C)c8ccc([nH]8)c(-c8ccc(C#C[Si](CCCCCC)(CCCCCC)CCCCCC)cc8)c8nc(c(CCOCC=C)c9ccc6[nH]9)C=C8)C=C7)cc5)cc4)c4ccc1[nH]4)C=C3)C=C2. The van der Waals surface area contributed by atoms with Gasteiger partial charge in [-0.15, -0.1) is 37.4 Å². The smallest absolute Gasteiger partial charge is 0.138 e. The van der Waals surface area contributed by atoms with Crippen molar-refractivity contribution in [2.45, 2.75) is 258 Å². The average Bonchev–Trinajstić information content (AvgIpc) is 1.62. The second kappa shape index (κ2) is 55.8. The maximum absolute atomic E-state index is 6.17. The summed E-state index contributed by atoms with van der Waals surface area (Å²) in [6.07, 6.45) is 57.8. The topological polar surface area (TPSA) is 152 Å². The fourth-order valence-corrected chi connectivity index (χ4v) is 28.9. The van der Waals surface area contributed by atoms with E-state index in [9.17, 15) is 0 Å². The molecule has 0 saturated heterocycles. The average molecular weight is 1920 g/mol. The predicted octanol–water partition coefficient (Wildman–Crippen LogP) is 32.8. The van der Waals surface area contributed by atoms with Gasteiger partial charge in [-0.25, -0.2) is 19.9 Å². The maximum atomic E-state index is 6.17. The molecule has 12 nitrogen and oxygen atoms in total. The highest BCUT2D eigenvalue weighted by atomic mass is 28.3. The van der Waals surface area contributed by atoms with Gasteiger partial charge in [0.15, 0.2) is 0 Å². The molecule has 0 saturated carbocycles. The molecule has 10 heterocycles. The fraction of sp³-hybridized carbons (Fsp3) is 0.375. The number of nitrogens with one attached hydrogen (secondary N) is 4. The van der Waals surface area contributed by atoms with Gasteiger partial charge < -0.3 is 38.9 Å². The van der Waals surface area contributed by atoms with Crippen LogP contribution in [0, 0.1) is 46.6 Å². The number of nitrogens with zero attached hydrogens (tertiary/aromatic N) is 4. The predicted molar refractivity (Wildman–Crippen MR) is 611 cm³/mol. The minimum absolute atomic E-state index is 0.443. The van der Waals surface area contributed by atoms with E-state index in [0.29, 0.717) is 78.5 Å². The van der Waals surface area contributed by atoms with E-state index < -0.39 is 16.1 Å². The van der Waals surface area contributed by atoms with E-state index in [-0.39, 0.29) is 0 Å². The number of benzene rings is 4. The van der Waals surface area contributed by atoms with E-state index >= 15 is 0 Å². The Hall–Kier alpha value is -12.4. The maximum Gasteiger partial charge on any atom is 0.138 e. The summed E-state index contributed by atoms with van der Waals surface area (Å²) >= 11 is 0. The Morgan fingerprint density at radius 1 is 0.246 bits per heavy atom. The Kier molecular flexibility index (Phi) is 41.4. The number of unbranched alkanes of at least 4 members (excludes halogenated alkanes) is 18. The highest BCUT2D eigenvalue weighted by Crippen LogP contribution is 2.41. The van der Waals surface area contributed by atoms with Gasteiger partial charge in [0.1, 0.15) is 16.1 Å². The van der Waals surface area contributed by atoms with Crippen LogP contribution in [0.4, 0.5) is 0 Å². The molecule has 0 radical (unpaired) electrons. The van der Waals surface area contributed by atoms with Crippen molar-refractivity contribution in [3.8, 4) is 91.1 Å². The monoisotopic (exact) mass is 1920 g/mol. The van der Waals surface area contributed by atoms with E-state index in [1.54, 1.807) is 24.3 Å². The van der Waals surface area contributed by atoms with Crippen LogP contribution in [0.2, 0.25) is 36.3 Å². The van der Waals surface area contributed by atoms with Crippen molar-refractivity contribution in [3.63, 3.8) is 0 Å². The normalized spacial score (nSPS) is 12.0. The Morgan fingerprint density at radius 2 is 0.451 bits per heavy atom. The van der Waals surface area contributed by atoms with E-state index in [0.717, 1.165) is 179 Å². The summed E-state index contributed by atoms with van der Waals surface area (Å²) < 4.78 is 24.7. The molecule has 16 bridgehead atoms. The largest absolute Gasteiger partial charge is 0.377 e. The second-order valence-corrected chi connectivity index (χ2v) is 47.2. The Bertz CT molecular complexity index is 6210. The summed E-state index contributed by atoms with van der Waals surface area (Å²) in [5, 5.41) is 0. The molecule has 0 atom stereocenters. The van der Waals surface area contributed by atoms with Gasteiger partial charge in [-0.2, -0.15) is 0 Å². The quantitative estimate of drug-likeness (QED) is 0.0127. The molecule has 14 rings (SSSR count). The zero-order valence-corrected chi connectivity index (χ0v) is 87.7. The van der Waals surface area contributed by atoms with Gasteiger partial charge in [-0.1, -0.05) is 292 Å². The van der Waals surface area contributed by atoms with Gasteiger partial charge in [0.05, 0.1) is 98.4 Å². The number of hydrogen-bond donors (Lipinski definition) is 4. The minimum atomic E-state index is -1.88. The molecule has 4 aliphatic heterocycles. The van der Waals surface area contributed by atoms with Crippen LogP contribution in [0.15, 0.2) is 196 Å². The Labute approximate surface area is 849 Å². The lowest BCUT2D eigenvalue weighted by Gasteiger charge is -2.27. The van der Waals surface area contributed by atoms with Crippen LogP contribution in [0.1, 0.15) is 286 Å². The minimum Gasteiger partial charge on any atom is -0.377 e. The van der Waals surface area contributed by atoms with Gasteiger partial charge in [0, 0.05) is 111 Å². The first-order chi connectivity index (χ1) is 69.9. The lowest BCUT2D eigenvalue weighted by Crippen LogP contribution is -2.32. The second-order valence-electron chi connectivity index (χ2n) is 38.6. The number of H-pyrrole nitrogens is 4. The van der Waals surface area contributed by atoms with E-state index in [2.05, 4.69) is 329 Å². The number of aromatic amines is 4. The lowest BCUT2D eigenvalue weighted by atomic mass is 10.0. The van der Waals surface area contributed by atoms with Crippen LogP contribution >= 0.6 is 0 Å².